The Kier molecular flexibility index (Phi) is 4.46. The van der Waals surface area contributed by atoms with Gasteiger partial charge in [0.15, 0.2) is 0 Å². The molecule has 2 fully saturated rings. The van der Waals surface area contributed by atoms with E-state index in [1.807, 2.05) is 18.2 Å². The second-order valence-corrected chi connectivity index (χ2v) is 8.07. The van der Waals surface area contributed by atoms with E-state index in [0.717, 1.165) is 36.6 Å². The van der Waals surface area contributed by atoms with Crippen LogP contribution in [-0.4, -0.2) is 37.8 Å². The lowest BCUT2D eigenvalue weighted by molar-refractivity contribution is -0.192. The molecule has 5 nitrogen and oxygen atoms in total. The van der Waals surface area contributed by atoms with E-state index in [-0.39, 0.29) is 11.3 Å². The zero-order valence-corrected chi connectivity index (χ0v) is 15.1. The quantitative estimate of drug-likeness (QED) is 0.807. The molecule has 5 heteroatoms. The monoisotopic (exact) mass is 344 g/mol. The lowest BCUT2D eigenvalue weighted by Gasteiger charge is -2.60. The average molecular weight is 344 g/mol. The first-order chi connectivity index (χ1) is 12.1. The Labute approximate surface area is 149 Å². The van der Waals surface area contributed by atoms with Gasteiger partial charge in [0.05, 0.1) is 6.10 Å². The molecule has 0 radical (unpaired) electrons. The summed E-state index contributed by atoms with van der Waals surface area (Å²) in [4.78, 5) is 11.4. The summed E-state index contributed by atoms with van der Waals surface area (Å²) in [6.45, 7) is 7.01. The van der Waals surface area contributed by atoms with Crippen LogP contribution >= 0.6 is 0 Å². The zero-order valence-electron chi connectivity index (χ0n) is 15.1. The fourth-order valence-corrected chi connectivity index (χ4v) is 4.77. The van der Waals surface area contributed by atoms with Crippen LogP contribution in [0, 0.1) is 11.3 Å². The number of ether oxygens (including phenoxy) is 2. The van der Waals surface area contributed by atoms with Gasteiger partial charge in [-0.05, 0) is 43.0 Å². The van der Waals surface area contributed by atoms with Gasteiger partial charge in [0.2, 0.25) is 5.91 Å². The van der Waals surface area contributed by atoms with E-state index in [2.05, 4.69) is 24.5 Å². The third kappa shape index (κ3) is 3.15. The molecule has 2 N–H and O–H groups in total. The third-order valence-electron chi connectivity index (χ3n) is 6.04. The van der Waals surface area contributed by atoms with Crippen LogP contribution < -0.4 is 15.4 Å². The van der Waals surface area contributed by atoms with Gasteiger partial charge in [0.1, 0.15) is 12.4 Å². The summed E-state index contributed by atoms with van der Waals surface area (Å²) >= 11 is 0. The van der Waals surface area contributed by atoms with Gasteiger partial charge in [0, 0.05) is 42.6 Å². The summed E-state index contributed by atoms with van der Waals surface area (Å²) in [5.74, 6) is 1.62. The highest BCUT2D eigenvalue weighted by Crippen LogP contribution is 2.51. The number of hydrogen-bond donors (Lipinski definition) is 2. The number of benzene rings is 1. The molecule has 0 bridgehead atoms. The number of anilines is 1. The molecule has 1 aromatic rings. The smallest absolute Gasteiger partial charge is 0.224 e. The van der Waals surface area contributed by atoms with Gasteiger partial charge in [-0.15, -0.1) is 0 Å². The molecule has 1 saturated heterocycles. The van der Waals surface area contributed by atoms with Gasteiger partial charge in [-0.2, -0.15) is 0 Å². The molecule has 0 unspecified atom stereocenters. The van der Waals surface area contributed by atoms with Crippen molar-refractivity contribution in [3.8, 4) is 5.75 Å². The second-order valence-electron chi connectivity index (χ2n) is 8.07. The minimum atomic E-state index is 0.0958. The van der Waals surface area contributed by atoms with E-state index in [1.54, 1.807) is 0 Å². The summed E-state index contributed by atoms with van der Waals surface area (Å²) in [6.07, 6.45) is 4.20. The molecule has 1 saturated carbocycles. The summed E-state index contributed by atoms with van der Waals surface area (Å²) < 4.78 is 11.9. The Balaban J connectivity index is 1.27. The van der Waals surface area contributed by atoms with Crippen LogP contribution in [0.4, 0.5) is 5.69 Å². The van der Waals surface area contributed by atoms with Crippen LogP contribution in [0.5, 0.6) is 5.75 Å². The van der Waals surface area contributed by atoms with Crippen molar-refractivity contribution < 1.29 is 14.3 Å². The average Bonchev–Trinajstić information content (AvgIpc) is 2.61. The van der Waals surface area contributed by atoms with Gasteiger partial charge >= 0.3 is 0 Å². The van der Waals surface area contributed by atoms with Gasteiger partial charge in [-0.25, -0.2) is 0 Å². The molecule has 1 amide bonds. The van der Waals surface area contributed by atoms with E-state index in [4.69, 9.17) is 9.47 Å². The predicted octanol–water partition coefficient (Wildman–Crippen LogP) is 2.74. The molecule has 3 atom stereocenters. The fraction of sp³-hybridized carbons (Fsp3) is 0.650. The minimum Gasteiger partial charge on any atom is -0.492 e. The number of carbonyl (C=O) groups is 1. The van der Waals surface area contributed by atoms with Gasteiger partial charge in [-0.3, -0.25) is 4.79 Å². The van der Waals surface area contributed by atoms with E-state index < -0.39 is 0 Å². The SMILES string of the molecule is CC1(C)[C@H](NCCOc2ccc3c(c2)CCC(=O)N3)[C@H]2CCCO[C@@H]21. The number of rotatable bonds is 5. The van der Waals surface area contributed by atoms with Crippen LogP contribution in [0.25, 0.3) is 0 Å². The molecule has 0 spiro atoms. The number of hydrogen-bond acceptors (Lipinski definition) is 4. The highest BCUT2D eigenvalue weighted by atomic mass is 16.5. The van der Waals surface area contributed by atoms with Gasteiger partial charge in [-0.1, -0.05) is 13.8 Å². The van der Waals surface area contributed by atoms with Gasteiger partial charge in [0.25, 0.3) is 0 Å². The number of nitrogens with one attached hydrogen (secondary N) is 2. The minimum absolute atomic E-state index is 0.0958. The van der Waals surface area contributed by atoms with Crippen molar-refractivity contribution in [3.63, 3.8) is 0 Å². The van der Waals surface area contributed by atoms with Crippen LogP contribution in [-0.2, 0) is 16.0 Å². The van der Waals surface area contributed by atoms with Gasteiger partial charge < -0.3 is 20.1 Å². The molecule has 136 valence electrons. The van der Waals surface area contributed by atoms with Crippen LogP contribution in [0.2, 0.25) is 0 Å². The zero-order chi connectivity index (χ0) is 17.4. The summed E-state index contributed by atoms with van der Waals surface area (Å²) in [6, 6.07) is 6.43. The molecule has 4 rings (SSSR count). The Bertz CT molecular complexity index is 658. The van der Waals surface area contributed by atoms with Crippen LogP contribution in [0.1, 0.15) is 38.7 Å². The first-order valence-electron chi connectivity index (χ1n) is 9.46. The Hall–Kier alpha value is -1.59. The lowest BCUT2D eigenvalue weighted by atomic mass is 9.55. The van der Waals surface area contributed by atoms with Crippen molar-refractivity contribution in [3.05, 3.63) is 23.8 Å². The van der Waals surface area contributed by atoms with Crippen molar-refractivity contribution in [2.75, 3.05) is 25.1 Å². The first kappa shape index (κ1) is 16.9. The van der Waals surface area contributed by atoms with Crippen LogP contribution in [0.15, 0.2) is 18.2 Å². The van der Waals surface area contributed by atoms with Crippen molar-refractivity contribution in [1.82, 2.24) is 5.32 Å². The number of amides is 1. The van der Waals surface area contributed by atoms with Crippen molar-refractivity contribution in [2.24, 2.45) is 11.3 Å². The number of fused-ring (bicyclic) bond motifs is 2. The molecule has 2 heterocycles. The Morgan fingerprint density at radius 2 is 2.24 bits per heavy atom. The largest absolute Gasteiger partial charge is 0.492 e. The van der Waals surface area contributed by atoms with E-state index in [0.29, 0.717) is 31.1 Å². The fourth-order valence-electron chi connectivity index (χ4n) is 4.77. The lowest BCUT2D eigenvalue weighted by Crippen LogP contribution is -2.69. The van der Waals surface area contributed by atoms with Crippen molar-refractivity contribution in [2.45, 2.75) is 51.7 Å². The van der Waals surface area contributed by atoms with E-state index >= 15 is 0 Å². The highest BCUT2D eigenvalue weighted by Gasteiger charge is 2.57. The molecular formula is C20H28N2O3. The molecule has 2 aliphatic heterocycles. The molecule has 1 aromatic carbocycles. The molecule has 1 aliphatic carbocycles. The van der Waals surface area contributed by atoms with E-state index in [9.17, 15) is 4.79 Å². The Morgan fingerprint density at radius 3 is 3.12 bits per heavy atom. The second kappa shape index (κ2) is 6.61. The summed E-state index contributed by atoms with van der Waals surface area (Å²) in [7, 11) is 0. The van der Waals surface area contributed by atoms with Crippen LogP contribution in [0.3, 0.4) is 0 Å². The normalized spacial score (nSPS) is 29.8. The maximum absolute atomic E-state index is 11.4. The summed E-state index contributed by atoms with van der Waals surface area (Å²) in [5, 5.41) is 6.59. The number of aryl methyl sites for hydroxylation is 1. The first-order valence-corrected chi connectivity index (χ1v) is 9.46. The molecular weight excluding hydrogens is 316 g/mol. The third-order valence-corrected chi connectivity index (χ3v) is 6.04. The molecule has 25 heavy (non-hydrogen) atoms. The van der Waals surface area contributed by atoms with Crippen molar-refractivity contribution in [1.29, 1.82) is 0 Å². The Morgan fingerprint density at radius 1 is 1.36 bits per heavy atom. The number of carbonyl (C=O) groups excluding carboxylic acids is 1. The molecule has 0 aromatic heterocycles. The maximum atomic E-state index is 11.4. The topological polar surface area (TPSA) is 59.6 Å². The standard InChI is InChI=1S/C20H28N2O3/c1-20(2)18(15-4-3-10-25-19(15)20)21-9-11-24-14-6-7-16-13(12-14)5-8-17(23)22-16/h6-7,12,15,18-19,21H,3-5,8-11H2,1-2H3,(H,22,23)/t15-,18-,19+/m1/s1. The maximum Gasteiger partial charge on any atom is 0.224 e. The van der Waals surface area contributed by atoms with E-state index in [1.165, 1.54) is 12.8 Å². The summed E-state index contributed by atoms with van der Waals surface area (Å²) in [5.41, 5.74) is 2.28. The molecule has 3 aliphatic rings. The highest BCUT2D eigenvalue weighted by molar-refractivity contribution is 5.93. The predicted molar refractivity (Wildman–Crippen MR) is 96.9 cm³/mol. The van der Waals surface area contributed by atoms with Crippen molar-refractivity contribution >= 4 is 11.6 Å².